The molecule has 0 saturated carbocycles. The molecular weight excluding hydrogens is 660 g/mol. The van der Waals surface area contributed by atoms with Crippen LogP contribution >= 0.6 is 12.4 Å². The van der Waals surface area contributed by atoms with Crippen LogP contribution in [-0.2, 0) is 9.47 Å². The number of fused-ring (bicyclic) bond motifs is 2. The summed E-state index contributed by atoms with van der Waals surface area (Å²) in [5.74, 6) is -0.747. The summed E-state index contributed by atoms with van der Waals surface area (Å²) in [4.78, 5) is 58.4. The van der Waals surface area contributed by atoms with E-state index in [0.29, 0.717) is 52.4 Å². The molecule has 3 amide bonds. The summed E-state index contributed by atoms with van der Waals surface area (Å²) in [7, 11) is 1.31. The van der Waals surface area contributed by atoms with Crippen LogP contribution in [0.1, 0.15) is 65.7 Å². The molecule has 50 heavy (non-hydrogen) atoms. The van der Waals surface area contributed by atoms with Crippen molar-refractivity contribution < 1.29 is 28.7 Å². The first kappa shape index (κ1) is 38.7. The summed E-state index contributed by atoms with van der Waals surface area (Å²) in [5, 5.41) is 7.00. The van der Waals surface area contributed by atoms with Crippen molar-refractivity contribution >= 4 is 75.2 Å². The van der Waals surface area contributed by atoms with E-state index in [9.17, 15) is 19.2 Å². The molecule has 12 nitrogen and oxygen atoms in total. The van der Waals surface area contributed by atoms with Crippen molar-refractivity contribution in [3.8, 4) is 0 Å². The van der Waals surface area contributed by atoms with Crippen LogP contribution in [0.5, 0.6) is 0 Å². The second-order valence-corrected chi connectivity index (χ2v) is 11.9. The largest absolute Gasteiger partial charge is 0.465 e. The number of anilines is 3. The van der Waals surface area contributed by atoms with Crippen LogP contribution in [0.4, 0.5) is 21.9 Å². The number of ether oxygens (including phenoxy) is 2. The number of methoxy groups -OCH3 is 1. The molecule has 0 radical (unpaired) electrons. The third-order valence-electron chi connectivity index (χ3n) is 7.16. The summed E-state index contributed by atoms with van der Waals surface area (Å²) in [6.45, 7) is 10.6. The monoisotopic (exact) mass is 700 g/mol. The number of halogens is 1. The van der Waals surface area contributed by atoms with E-state index in [0.717, 1.165) is 16.3 Å². The number of amides is 3. The maximum atomic E-state index is 12.5. The van der Waals surface area contributed by atoms with Gasteiger partial charge in [-0.25, -0.2) is 9.59 Å². The fourth-order valence-electron chi connectivity index (χ4n) is 4.73. The Morgan fingerprint density at radius 3 is 1.90 bits per heavy atom. The van der Waals surface area contributed by atoms with Crippen LogP contribution in [0.3, 0.4) is 0 Å². The number of nitrogen functional groups attached to an aromatic ring is 1. The zero-order chi connectivity index (χ0) is 35.7. The van der Waals surface area contributed by atoms with E-state index in [1.54, 1.807) is 92.4 Å². The summed E-state index contributed by atoms with van der Waals surface area (Å²) in [6, 6.07) is 20.9. The summed E-state index contributed by atoms with van der Waals surface area (Å²) in [6.07, 6.45) is 2.45. The molecule has 0 aliphatic heterocycles. The number of hydrogen-bond donors (Lipinski definition) is 3. The van der Waals surface area contributed by atoms with Crippen molar-refractivity contribution in [1.29, 1.82) is 0 Å². The van der Waals surface area contributed by atoms with Gasteiger partial charge in [0.05, 0.1) is 29.3 Å². The average molecular weight is 701 g/mol. The Balaban J connectivity index is 0.000000271. The molecule has 13 heteroatoms. The number of rotatable bonds is 7. The van der Waals surface area contributed by atoms with E-state index in [1.807, 2.05) is 19.9 Å². The number of nitrogens with two attached hydrogens (primary N) is 1. The van der Waals surface area contributed by atoms with E-state index < -0.39 is 17.7 Å². The van der Waals surface area contributed by atoms with Crippen molar-refractivity contribution in [2.75, 3.05) is 36.6 Å². The molecule has 5 aromatic rings. The van der Waals surface area contributed by atoms with Gasteiger partial charge in [0.1, 0.15) is 5.60 Å². The van der Waals surface area contributed by atoms with Crippen LogP contribution in [0, 0.1) is 0 Å². The molecular formula is C37H41ClN6O6. The first-order valence-electron chi connectivity index (χ1n) is 15.6. The third kappa shape index (κ3) is 10.4. The highest BCUT2D eigenvalue weighted by Crippen LogP contribution is 2.21. The second-order valence-electron chi connectivity index (χ2n) is 11.9. The van der Waals surface area contributed by atoms with Crippen molar-refractivity contribution in [3.63, 3.8) is 0 Å². The number of nitrogens with one attached hydrogen (secondary N) is 2. The van der Waals surface area contributed by atoms with E-state index in [1.165, 1.54) is 19.5 Å². The quantitative estimate of drug-likeness (QED) is 0.116. The predicted octanol–water partition coefficient (Wildman–Crippen LogP) is 7.34. The van der Waals surface area contributed by atoms with Crippen LogP contribution < -0.4 is 16.4 Å². The number of esters is 1. The lowest BCUT2D eigenvalue weighted by Gasteiger charge is -2.19. The molecule has 5 rings (SSSR count). The van der Waals surface area contributed by atoms with Gasteiger partial charge in [0.25, 0.3) is 11.8 Å². The highest BCUT2D eigenvalue weighted by atomic mass is 35.5. The zero-order valence-corrected chi connectivity index (χ0v) is 29.6. The smallest absolute Gasteiger partial charge is 0.412 e. The van der Waals surface area contributed by atoms with Gasteiger partial charge in [0.15, 0.2) is 0 Å². The van der Waals surface area contributed by atoms with Crippen LogP contribution in [0.2, 0.25) is 0 Å². The minimum absolute atomic E-state index is 0. The number of carbonyl (C=O) groups is 4. The van der Waals surface area contributed by atoms with Crippen LogP contribution in [0.25, 0.3) is 21.8 Å². The van der Waals surface area contributed by atoms with Crippen molar-refractivity contribution in [2.24, 2.45) is 0 Å². The number of carbonyl (C=O) groups excluding carboxylic acids is 4. The molecule has 2 aromatic heterocycles. The van der Waals surface area contributed by atoms with Gasteiger partial charge in [0.2, 0.25) is 0 Å². The van der Waals surface area contributed by atoms with E-state index in [4.69, 9.17) is 10.5 Å². The van der Waals surface area contributed by atoms with E-state index in [-0.39, 0.29) is 24.2 Å². The van der Waals surface area contributed by atoms with Crippen molar-refractivity contribution in [1.82, 2.24) is 14.9 Å². The SMILES string of the molecule is CCN(CC)C(=O)c1ccc(NC(=O)c2cnc3ccc(N)cc3c2)cc1.COC(=O)c1cnc2ccc(NC(=O)OC(C)(C)C)cc2c1.Cl. The Kier molecular flexibility index (Phi) is 13.2. The zero-order valence-electron chi connectivity index (χ0n) is 28.8. The number of hydrogen-bond acceptors (Lipinski definition) is 9. The first-order chi connectivity index (χ1) is 23.3. The fourth-order valence-corrected chi connectivity index (χ4v) is 4.73. The molecule has 0 spiro atoms. The van der Waals surface area contributed by atoms with Crippen molar-refractivity contribution in [3.05, 3.63) is 102 Å². The molecule has 3 aromatic carbocycles. The number of pyridine rings is 2. The molecule has 0 fully saturated rings. The van der Waals surface area contributed by atoms with Gasteiger partial charge >= 0.3 is 12.1 Å². The maximum Gasteiger partial charge on any atom is 0.412 e. The topological polar surface area (TPSA) is 166 Å². The lowest BCUT2D eigenvalue weighted by molar-refractivity contribution is 0.0597. The number of benzene rings is 3. The lowest BCUT2D eigenvalue weighted by Crippen LogP contribution is -2.30. The highest BCUT2D eigenvalue weighted by molar-refractivity contribution is 6.06. The molecule has 0 aliphatic carbocycles. The Bertz CT molecular complexity index is 1990. The van der Waals surface area contributed by atoms with Crippen molar-refractivity contribution in [2.45, 2.75) is 40.2 Å². The highest BCUT2D eigenvalue weighted by Gasteiger charge is 2.17. The Morgan fingerprint density at radius 1 is 0.740 bits per heavy atom. The van der Waals surface area contributed by atoms with E-state index in [2.05, 4.69) is 25.3 Å². The molecule has 0 bridgehead atoms. The Morgan fingerprint density at radius 2 is 1.30 bits per heavy atom. The summed E-state index contributed by atoms with van der Waals surface area (Å²) >= 11 is 0. The minimum atomic E-state index is -0.569. The standard InChI is InChI=1S/C21H22N4O2.C16H18N2O4.ClH/c1-3-25(4-2)21(27)14-5-8-18(9-6-14)24-20(26)16-11-15-12-17(22)7-10-19(15)23-13-16;1-16(2,3)22-15(20)18-12-5-6-13-10(8-12)7-11(9-17-13)14(19)21-4;/h5-13H,3-4,22H2,1-2H3,(H,24,26);5-9H,1-4H3,(H,18,20);1H. The average Bonchev–Trinajstić information content (AvgIpc) is 3.07. The Labute approximate surface area is 296 Å². The molecule has 0 saturated heterocycles. The lowest BCUT2D eigenvalue weighted by atomic mass is 10.1. The Hall–Kier alpha value is -5.75. The van der Waals surface area contributed by atoms with E-state index >= 15 is 0 Å². The number of aromatic nitrogens is 2. The van der Waals surface area contributed by atoms with Crippen LogP contribution in [-0.4, -0.2) is 64.5 Å². The molecule has 4 N–H and O–H groups in total. The molecule has 0 atom stereocenters. The van der Waals surface area contributed by atoms with Gasteiger partial charge in [-0.3, -0.25) is 24.9 Å². The molecule has 2 heterocycles. The van der Waals surface area contributed by atoms with Gasteiger partial charge in [-0.05, 0) is 107 Å². The van der Waals surface area contributed by atoms with Gasteiger partial charge in [-0.1, -0.05) is 0 Å². The number of nitrogens with zero attached hydrogens (tertiary/aromatic N) is 3. The predicted molar refractivity (Wildman–Crippen MR) is 198 cm³/mol. The second kappa shape index (κ2) is 17.1. The fraction of sp³-hybridized carbons (Fsp3) is 0.243. The third-order valence-corrected chi connectivity index (χ3v) is 7.16. The first-order valence-corrected chi connectivity index (χ1v) is 15.6. The molecule has 0 aliphatic rings. The normalized spacial score (nSPS) is 10.6. The molecule has 0 unspecified atom stereocenters. The van der Waals surface area contributed by atoms with Crippen LogP contribution in [0.15, 0.2) is 85.2 Å². The summed E-state index contributed by atoms with van der Waals surface area (Å²) < 4.78 is 9.86. The molecule has 262 valence electrons. The summed E-state index contributed by atoms with van der Waals surface area (Å²) in [5.41, 5.74) is 9.90. The van der Waals surface area contributed by atoms with Gasteiger partial charge in [-0.2, -0.15) is 0 Å². The minimum Gasteiger partial charge on any atom is -0.465 e. The van der Waals surface area contributed by atoms with Gasteiger partial charge in [0, 0.05) is 58.9 Å². The van der Waals surface area contributed by atoms with Gasteiger partial charge < -0.3 is 25.4 Å². The van der Waals surface area contributed by atoms with Gasteiger partial charge in [-0.15, -0.1) is 12.4 Å². The maximum absolute atomic E-state index is 12.5.